The van der Waals surface area contributed by atoms with Crippen LogP contribution in [-0.2, 0) is 38.4 Å². The highest BCUT2D eigenvalue weighted by Crippen LogP contribution is 2.31. The van der Waals surface area contributed by atoms with Crippen molar-refractivity contribution in [3.05, 3.63) is 12.3 Å². The highest BCUT2D eigenvalue weighted by atomic mass is 16.4. The molecular formula is C32H51N3O14. The first kappa shape index (κ1) is 44.5. The first-order valence-corrected chi connectivity index (χ1v) is 16.0. The summed E-state index contributed by atoms with van der Waals surface area (Å²) in [5.41, 5.74) is 3.17. The third kappa shape index (κ3) is 21.1. The number of Topliss-reactive ketones (excluding diaryl/α,β-unsaturated/α-hetero) is 1. The molecule has 0 spiro atoms. The Bertz CT molecular complexity index is 1040. The monoisotopic (exact) mass is 701 g/mol. The van der Waals surface area contributed by atoms with Crippen molar-refractivity contribution in [2.24, 2.45) is 5.73 Å². The van der Waals surface area contributed by atoms with Gasteiger partial charge < -0.3 is 51.8 Å². The minimum Gasteiger partial charge on any atom is -0.481 e. The number of hydrogen-bond donors (Lipinski definition) is 9. The van der Waals surface area contributed by atoms with Gasteiger partial charge in [0.25, 0.3) is 0 Å². The summed E-state index contributed by atoms with van der Waals surface area (Å²) in [6.07, 6.45) is -3.23. The number of carboxylic acid groups (broad SMARTS) is 6. The van der Waals surface area contributed by atoms with Crippen LogP contribution in [0.4, 0.5) is 0 Å². The van der Waals surface area contributed by atoms with Gasteiger partial charge in [-0.05, 0) is 71.1 Å². The smallest absolute Gasteiger partial charge is 0.303 e. The van der Waals surface area contributed by atoms with E-state index in [4.69, 9.17) is 5.73 Å². The number of aliphatic carboxylic acids is 6. The van der Waals surface area contributed by atoms with Gasteiger partial charge in [-0.15, -0.1) is 0 Å². The number of rotatable bonds is 30. The van der Waals surface area contributed by atoms with Crippen LogP contribution in [0.1, 0.15) is 122 Å². The van der Waals surface area contributed by atoms with E-state index in [0.29, 0.717) is 5.70 Å². The molecule has 1 unspecified atom stereocenters. The second kappa shape index (κ2) is 21.4. The quantitative estimate of drug-likeness (QED) is 0.0519. The predicted molar refractivity (Wildman–Crippen MR) is 172 cm³/mol. The van der Waals surface area contributed by atoms with Crippen molar-refractivity contribution in [3.63, 3.8) is 0 Å². The molecule has 10 N–H and O–H groups in total. The molecule has 17 nitrogen and oxygen atoms in total. The van der Waals surface area contributed by atoms with E-state index in [9.17, 15) is 69.0 Å². The Kier molecular flexibility index (Phi) is 19.4. The van der Waals surface area contributed by atoms with Gasteiger partial charge in [-0.25, -0.2) is 0 Å². The Balaban J connectivity index is 6.04. The van der Waals surface area contributed by atoms with E-state index in [0.717, 1.165) is 0 Å². The summed E-state index contributed by atoms with van der Waals surface area (Å²) in [4.78, 5) is 93.2. The van der Waals surface area contributed by atoms with E-state index in [1.54, 1.807) is 0 Å². The number of carbonyl (C=O) groups excluding carboxylic acids is 2. The Morgan fingerprint density at radius 1 is 0.469 bits per heavy atom. The van der Waals surface area contributed by atoms with Crippen LogP contribution in [0, 0.1) is 0 Å². The van der Waals surface area contributed by atoms with E-state index in [1.807, 2.05) is 0 Å². The molecule has 0 saturated heterocycles. The van der Waals surface area contributed by atoms with Crippen LogP contribution < -0.4 is 16.4 Å². The number of nitrogens with two attached hydrogens (primary N) is 1. The molecule has 0 heterocycles. The highest BCUT2D eigenvalue weighted by molar-refractivity contribution is 5.78. The van der Waals surface area contributed by atoms with E-state index < -0.39 is 77.6 Å². The minimum absolute atomic E-state index is 0.00551. The van der Waals surface area contributed by atoms with Crippen molar-refractivity contribution in [2.45, 2.75) is 139 Å². The number of amides is 1. The first-order chi connectivity index (χ1) is 22.6. The number of allylic oxidation sites excluding steroid dienone is 1. The largest absolute Gasteiger partial charge is 0.481 e. The maximum Gasteiger partial charge on any atom is 0.303 e. The van der Waals surface area contributed by atoms with Crippen molar-refractivity contribution < 1.29 is 69.0 Å². The molecule has 0 saturated carbocycles. The topological polar surface area (TPSA) is 308 Å². The molecular weight excluding hydrogens is 650 g/mol. The van der Waals surface area contributed by atoms with Crippen molar-refractivity contribution >= 4 is 47.5 Å². The molecule has 0 aromatic carbocycles. The molecule has 0 bridgehead atoms. The summed E-state index contributed by atoms with van der Waals surface area (Å²) < 4.78 is 0. The minimum atomic E-state index is -1.44. The second-order valence-corrected chi connectivity index (χ2v) is 12.8. The third-order valence-corrected chi connectivity index (χ3v) is 8.50. The van der Waals surface area contributed by atoms with Crippen LogP contribution in [0.15, 0.2) is 12.3 Å². The Labute approximate surface area is 284 Å². The van der Waals surface area contributed by atoms with Gasteiger partial charge in [0.1, 0.15) is 5.78 Å². The Morgan fingerprint density at radius 3 is 1.06 bits per heavy atom. The highest BCUT2D eigenvalue weighted by Gasteiger charge is 2.36. The van der Waals surface area contributed by atoms with Crippen molar-refractivity contribution in [1.29, 1.82) is 0 Å². The Morgan fingerprint density at radius 2 is 0.755 bits per heavy atom. The van der Waals surface area contributed by atoms with Crippen LogP contribution >= 0.6 is 0 Å². The van der Waals surface area contributed by atoms with E-state index in [-0.39, 0.29) is 102 Å². The fourth-order valence-corrected chi connectivity index (χ4v) is 5.56. The zero-order valence-corrected chi connectivity index (χ0v) is 28.0. The van der Waals surface area contributed by atoms with Crippen molar-refractivity contribution in [2.75, 3.05) is 0 Å². The van der Waals surface area contributed by atoms with Gasteiger partial charge in [0.2, 0.25) is 5.91 Å². The molecule has 0 aliphatic heterocycles. The van der Waals surface area contributed by atoms with E-state index >= 15 is 0 Å². The van der Waals surface area contributed by atoms with Gasteiger partial charge in [0, 0.05) is 73.7 Å². The molecule has 0 aromatic heterocycles. The van der Waals surface area contributed by atoms with Crippen LogP contribution in [0.5, 0.6) is 0 Å². The lowest BCUT2D eigenvalue weighted by Gasteiger charge is -2.37. The van der Waals surface area contributed by atoms with Gasteiger partial charge in [0.05, 0.1) is 0 Å². The van der Waals surface area contributed by atoms with Crippen LogP contribution in [0.2, 0.25) is 0 Å². The fraction of sp³-hybridized carbons (Fsp3) is 0.688. The number of hydrogen-bond acceptors (Lipinski definition) is 10. The number of nitrogens with one attached hydrogen (secondary N) is 2. The molecule has 1 atom stereocenters. The van der Waals surface area contributed by atoms with Gasteiger partial charge in [-0.3, -0.25) is 33.6 Å². The predicted octanol–water partition coefficient (Wildman–Crippen LogP) is 2.50. The molecule has 278 valence electrons. The van der Waals surface area contributed by atoms with Gasteiger partial charge >= 0.3 is 35.8 Å². The summed E-state index contributed by atoms with van der Waals surface area (Å²) in [7, 11) is 0. The average molecular weight is 702 g/mol. The second-order valence-electron chi connectivity index (χ2n) is 12.8. The molecule has 0 rings (SSSR count). The molecule has 17 heteroatoms. The Hall–Kier alpha value is -4.54. The molecule has 1 amide bonds. The molecule has 0 aliphatic rings. The molecule has 49 heavy (non-hydrogen) atoms. The zero-order valence-electron chi connectivity index (χ0n) is 28.0. The zero-order chi connectivity index (χ0) is 37.8. The molecule has 0 radical (unpaired) electrons. The average Bonchev–Trinajstić information content (AvgIpc) is 2.99. The van der Waals surface area contributed by atoms with Crippen molar-refractivity contribution in [3.8, 4) is 0 Å². The standard InChI is InChI=1S/C32H51N3O14/c1-21(34-31(15-6-24(38)39,16-7-25(40)41)17-8-26(42)43)3-12-30(33,13-4-22(2)36)14-5-23(37)35-32(18-9-27(44)45,19-10-28(46)47)20-11-29(48)49/h34H,1,3-20,33H2,2H3,(H,35,37)(H,38,39)(H,40,41)(H,42,43)(H,44,45)(H,46,47)(H,48,49). The first-order valence-electron chi connectivity index (χ1n) is 16.0. The SMILES string of the molecule is C=C(CCC(N)(CCC(C)=O)CCC(=O)NC(CCC(=O)O)(CCC(=O)O)CCC(=O)O)NC(CCC(=O)O)(CCC(=O)O)CCC(=O)O. The summed E-state index contributed by atoms with van der Waals surface area (Å²) >= 11 is 0. The number of ketones is 1. The maximum absolute atomic E-state index is 13.2. The third-order valence-electron chi connectivity index (χ3n) is 8.50. The lowest BCUT2D eigenvalue weighted by molar-refractivity contribution is -0.140. The van der Waals surface area contributed by atoms with Gasteiger partial charge in [-0.1, -0.05) is 6.58 Å². The summed E-state index contributed by atoms with van der Waals surface area (Å²) in [6, 6.07) is 0. The van der Waals surface area contributed by atoms with Gasteiger partial charge in [-0.2, -0.15) is 0 Å². The molecule has 0 fully saturated rings. The molecule has 0 aliphatic carbocycles. The summed E-state index contributed by atoms with van der Waals surface area (Å²) in [5.74, 6) is -7.97. The number of carboxylic acids is 6. The van der Waals surface area contributed by atoms with Crippen LogP contribution in [-0.4, -0.2) is 94.8 Å². The van der Waals surface area contributed by atoms with Crippen LogP contribution in [0.3, 0.4) is 0 Å². The summed E-state index contributed by atoms with van der Waals surface area (Å²) in [5, 5.41) is 61.3. The molecule has 0 aromatic rings. The van der Waals surface area contributed by atoms with Crippen molar-refractivity contribution in [1.82, 2.24) is 10.6 Å². The normalized spacial score (nSPS) is 12.7. The lowest BCUT2D eigenvalue weighted by atomic mass is 9.81. The van der Waals surface area contributed by atoms with Gasteiger partial charge in [0.15, 0.2) is 0 Å². The fourth-order valence-electron chi connectivity index (χ4n) is 5.56. The summed E-state index contributed by atoms with van der Waals surface area (Å²) in [6.45, 7) is 5.33. The lowest BCUT2D eigenvalue weighted by Crippen LogP contribution is -2.50. The van der Waals surface area contributed by atoms with Crippen LogP contribution in [0.25, 0.3) is 0 Å². The van der Waals surface area contributed by atoms with E-state index in [1.165, 1.54) is 6.92 Å². The maximum atomic E-state index is 13.2. The van der Waals surface area contributed by atoms with E-state index in [2.05, 4.69) is 17.2 Å². The number of carbonyl (C=O) groups is 8.